The molecule has 0 unspecified atom stereocenters. The molecule has 0 amide bonds. The number of Topliss-reactive ketones (excluding diaryl/α,β-unsaturated/α-hetero) is 2. The number of aryl methyl sites for hydroxylation is 1. The van der Waals surface area contributed by atoms with E-state index in [0.717, 1.165) is 16.5 Å². The molecule has 0 aliphatic heterocycles. The standard InChI is InChI=1S/C11H8N2O2/c1-5-2-6-4-12-13-10(6)9-7(5)3-8(14)11(9)15/h2,4H,3H2,1H3,(H,12,13). The Hall–Kier alpha value is -1.97. The first-order valence-corrected chi connectivity index (χ1v) is 4.71. The fraction of sp³-hybridized carbons (Fsp3) is 0.182. The van der Waals surface area contributed by atoms with Gasteiger partial charge in [-0.15, -0.1) is 0 Å². The van der Waals surface area contributed by atoms with Gasteiger partial charge in [0.2, 0.25) is 11.6 Å². The fourth-order valence-corrected chi connectivity index (χ4v) is 2.13. The zero-order valence-electron chi connectivity index (χ0n) is 8.13. The second-order valence-electron chi connectivity index (χ2n) is 3.81. The minimum absolute atomic E-state index is 0.231. The molecule has 74 valence electrons. The number of hydrogen-bond donors (Lipinski definition) is 1. The molecule has 1 aliphatic rings. The minimum atomic E-state index is -0.386. The number of hydrogen-bond acceptors (Lipinski definition) is 3. The summed E-state index contributed by atoms with van der Waals surface area (Å²) in [7, 11) is 0. The van der Waals surface area contributed by atoms with Gasteiger partial charge in [0.1, 0.15) is 0 Å². The van der Waals surface area contributed by atoms with Gasteiger partial charge in [-0.2, -0.15) is 5.10 Å². The number of benzene rings is 1. The number of ketones is 2. The first-order valence-electron chi connectivity index (χ1n) is 4.71. The molecule has 0 saturated heterocycles. The second kappa shape index (κ2) is 2.53. The third kappa shape index (κ3) is 0.932. The Morgan fingerprint density at radius 2 is 2.20 bits per heavy atom. The zero-order valence-corrected chi connectivity index (χ0v) is 8.13. The summed E-state index contributed by atoms with van der Waals surface area (Å²) in [4.78, 5) is 23.0. The molecule has 0 radical (unpaired) electrons. The molecule has 1 N–H and O–H groups in total. The summed E-state index contributed by atoms with van der Waals surface area (Å²) in [6, 6.07) is 1.95. The lowest BCUT2D eigenvalue weighted by Crippen LogP contribution is -2.06. The largest absolute Gasteiger partial charge is 0.290 e. The van der Waals surface area contributed by atoms with Crippen molar-refractivity contribution in [2.45, 2.75) is 13.3 Å². The van der Waals surface area contributed by atoms with Crippen LogP contribution < -0.4 is 0 Å². The lowest BCUT2D eigenvalue weighted by Gasteiger charge is -2.02. The van der Waals surface area contributed by atoms with Gasteiger partial charge in [-0.25, -0.2) is 0 Å². The maximum Gasteiger partial charge on any atom is 0.231 e. The Bertz CT molecular complexity index is 610. The molecule has 0 saturated carbocycles. The minimum Gasteiger partial charge on any atom is -0.290 e. The molecule has 3 rings (SSSR count). The van der Waals surface area contributed by atoms with Crippen molar-refractivity contribution in [1.29, 1.82) is 0 Å². The topological polar surface area (TPSA) is 62.8 Å². The highest BCUT2D eigenvalue weighted by atomic mass is 16.2. The van der Waals surface area contributed by atoms with Crippen molar-refractivity contribution in [2.75, 3.05) is 0 Å². The van der Waals surface area contributed by atoms with E-state index >= 15 is 0 Å². The first-order chi connectivity index (χ1) is 7.18. The quantitative estimate of drug-likeness (QED) is 0.649. The van der Waals surface area contributed by atoms with Crippen molar-refractivity contribution in [1.82, 2.24) is 10.2 Å². The van der Waals surface area contributed by atoms with Crippen LogP contribution in [-0.2, 0) is 11.2 Å². The SMILES string of the molecule is Cc1cc2cn[nH]c2c2c1CC(=O)C2=O. The summed E-state index contributed by atoms with van der Waals surface area (Å²) >= 11 is 0. The molecule has 0 spiro atoms. The molecule has 0 fully saturated rings. The van der Waals surface area contributed by atoms with Crippen LogP contribution in [0.3, 0.4) is 0 Å². The van der Waals surface area contributed by atoms with E-state index < -0.39 is 0 Å². The predicted octanol–water partition coefficient (Wildman–Crippen LogP) is 1.18. The maximum atomic E-state index is 11.7. The molecule has 1 aromatic heterocycles. The Kier molecular flexibility index (Phi) is 1.41. The van der Waals surface area contributed by atoms with E-state index in [4.69, 9.17) is 0 Å². The van der Waals surface area contributed by atoms with Crippen LogP contribution in [0.4, 0.5) is 0 Å². The highest BCUT2D eigenvalue weighted by Gasteiger charge is 2.32. The number of nitrogens with one attached hydrogen (secondary N) is 1. The van der Waals surface area contributed by atoms with Gasteiger partial charge in [-0.1, -0.05) is 0 Å². The van der Waals surface area contributed by atoms with Gasteiger partial charge in [0.25, 0.3) is 0 Å². The maximum absolute atomic E-state index is 11.7. The third-order valence-electron chi connectivity index (χ3n) is 2.89. The number of aromatic amines is 1. The van der Waals surface area contributed by atoms with Crippen LogP contribution in [0.25, 0.3) is 10.9 Å². The number of carbonyl (C=O) groups is 2. The third-order valence-corrected chi connectivity index (χ3v) is 2.89. The Labute approximate surface area is 85.3 Å². The molecular formula is C11H8N2O2. The summed E-state index contributed by atoms with van der Waals surface area (Å²) in [6.07, 6.45) is 1.90. The van der Waals surface area contributed by atoms with Crippen LogP contribution >= 0.6 is 0 Å². The molecule has 4 heteroatoms. The van der Waals surface area contributed by atoms with Crippen LogP contribution in [0.15, 0.2) is 12.3 Å². The van der Waals surface area contributed by atoms with Gasteiger partial charge in [-0.3, -0.25) is 14.7 Å². The van der Waals surface area contributed by atoms with Crippen molar-refractivity contribution < 1.29 is 9.59 Å². The van der Waals surface area contributed by atoms with Crippen molar-refractivity contribution in [3.8, 4) is 0 Å². The molecule has 1 aromatic carbocycles. The van der Waals surface area contributed by atoms with E-state index in [2.05, 4.69) is 10.2 Å². The van der Waals surface area contributed by atoms with Gasteiger partial charge in [0.05, 0.1) is 17.3 Å². The normalized spacial score (nSPS) is 15.0. The second-order valence-corrected chi connectivity index (χ2v) is 3.81. The van der Waals surface area contributed by atoms with Gasteiger partial charge < -0.3 is 0 Å². The van der Waals surface area contributed by atoms with Crippen molar-refractivity contribution >= 4 is 22.5 Å². The van der Waals surface area contributed by atoms with Crippen molar-refractivity contribution in [2.24, 2.45) is 0 Å². The van der Waals surface area contributed by atoms with Crippen molar-refractivity contribution in [3.05, 3.63) is 29.0 Å². The van der Waals surface area contributed by atoms with Crippen LogP contribution in [0, 0.1) is 6.92 Å². The monoisotopic (exact) mass is 200 g/mol. The molecule has 4 nitrogen and oxygen atoms in total. The number of rotatable bonds is 0. The van der Waals surface area contributed by atoms with E-state index in [1.807, 2.05) is 13.0 Å². The fourth-order valence-electron chi connectivity index (χ4n) is 2.13. The molecule has 1 heterocycles. The summed E-state index contributed by atoms with van der Waals surface area (Å²) in [5, 5.41) is 7.55. The van der Waals surface area contributed by atoms with E-state index in [1.54, 1.807) is 6.20 Å². The Balaban J connectivity index is 2.50. The smallest absolute Gasteiger partial charge is 0.231 e. The van der Waals surface area contributed by atoms with Gasteiger partial charge in [0, 0.05) is 11.8 Å². The van der Waals surface area contributed by atoms with Crippen LogP contribution in [-0.4, -0.2) is 21.8 Å². The molecular weight excluding hydrogens is 192 g/mol. The van der Waals surface area contributed by atoms with E-state index in [9.17, 15) is 9.59 Å². The molecule has 2 aromatic rings. The summed E-state index contributed by atoms with van der Waals surface area (Å²) < 4.78 is 0. The highest BCUT2D eigenvalue weighted by molar-refractivity contribution is 6.49. The van der Waals surface area contributed by atoms with Gasteiger partial charge >= 0.3 is 0 Å². The Morgan fingerprint density at radius 3 is 3.00 bits per heavy atom. The highest BCUT2D eigenvalue weighted by Crippen LogP contribution is 2.29. The van der Waals surface area contributed by atoms with Gasteiger partial charge in [0.15, 0.2) is 0 Å². The van der Waals surface area contributed by atoms with Crippen LogP contribution in [0.1, 0.15) is 21.5 Å². The predicted molar refractivity (Wildman–Crippen MR) is 53.9 cm³/mol. The lowest BCUT2D eigenvalue weighted by atomic mass is 10.0. The molecule has 15 heavy (non-hydrogen) atoms. The van der Waals surface area contributed by atoms with Crippen molar-refractivity contribution in [3.63, 3.8) is 0 Å². The summed E-state index contributed by atoms with van der Waals surface area (Å²) in [5.74, 6) is -0.710. The summed E-state index contributed by atoms with van der Waals surface area (Å²) in [5.41, 5.74) is 3.04. The number of H-pyrrole nitrogens is 1. The van der Waals surface area contributed by atoms with E-state index in [1.165, 1.54) is 0 Å². The number of nitrogens with zero attached hydrogens (tertiary/aromatic N) is 1. The van der Waals surface area contributed by atoms with Gasteiger partial charge in [-0.05, 0) is 24.1 Å². The van der Waals surface area contributed by atoms with E-state index in [-0.39, 0.29) is 18.0 Å². The van der Waals surface area contributed by atoms with Crippen LogP contribution in [0.2, 0.25) is 0 Å². The number of aromatic nitrogens is 2. The number of fused-ring (bicyclic) bond motifs is 3. The average molecular weight is 200 g/mol. The average Bonchev–Trinajstić information content (AvgIpc) is 2.74. The molecule has 1 aliphatic carbocycles. The zero-order chi connectivity index (χ0) is 10.6. The summed E-state index contributed by atoms with van der Waals surface area (Å²) in [6.45, 7) is 1.91. The Morgan fingerprint density at radius 1 is 1.40 bits per heavy atom. The molecule has 0 bridgehead atoms. The van der Waals surface area contributed by atoms with Crippen LogP contribution in [0.5, 0.6) is 0 Å². The lowest BCUT2D eigenvalue weighted by molar-refractivity contribution is -0.114. The first kappa shape index (κ1) is 8.35. The van der Waals surface area contributed by atoms with E-state index in [0.29, 0.717) is 11.1 Å². The number of carbonyl (C=O) groups excluding carboxylic acids is 2. The molecule has 0 atom stereocenters.